The smallest absolute Gasteiger partial charge is 0.258 e. The Bertz CT molecular complexity index is 645. The molecule has 0 atom stereocenters. The predicted octanol–water partition coefficient (Wildman–Crippen LogP) is 3.08. The highest BCUT2D eigenvalue weighted by atomic mass is 16.5. The molecule has 5 heteroatoms. The van der Waals surface area contributed by atoms with E-state index in [4.69, 9.17) is 14.2 Å². The first-order valence-electron chi connectivity index (χ1n) is 7.81. The Balaban J connectivity index is 1.89. The quantitative estimate of drug-likeness (QED) is 0.756. The topological polar surface area (TPSA) is 56.8 Å². The predicted molar refractivity (Wildman–Crippen MR) is 93.2 cm³/mol. The Morgan fingerprint density at radius 2 is 1.54 bits per heavy atom. The summed E-state index contributed by atoms with van der Waals surface area (Å²) in [5.74, 6) is 1.65. The molecule has 0 heterocycles. The van der Waals surface area contributed by atoms with Gasteiger partial charge in [0.05, 0.1) is 21.3 Å². The van der Waals surface area contributed by atoms with Crippen LogP contribution in [0, 0.1) is 0 Å². The molecule has 24 heavy (non-hydrogen) atoms. The molecule has 0 spiro atoms. The van der Waals surface area contributed by atoms with Gasteiger partial charge in [-0.05, 0) is 42.7 Å². The first kappa shape index (κ1) is 17.7. The van der Waals surface area contributed by atoms with Crippen LogP contribution in [-0.4, -0.2) is 33.8 Å². The number of hydrogen-bond acceptors (Lipinski definition) is 4. The van der Waals surface area contributed by atoms with Crippen molar-refractivity contribution in [3.05, 3.63) is 53.6 Å². The van der Waals surface area contributed by atoms with Crippen molar-refractivity contribution in [3.63, 3.8) is 0 Å². The summed E-state index contributed by atoms with van der Waals surface area (Å²) in [5.41, 5.74) is 1.63. The van der Waals surface area contributed by atoms with Gasteiger partial charge in [-0.15, -0.1) is 0 Å². The summed E-state index contributed by atoms with van der Waals surface area (Å²) in [6.07, 6.45) is 1.73. The number of amides is 1. The fourth-order valence-electron chi connectivity index (χ4n) is 2.45. The van der Waals surface area contributed by atoms with Gasteiger partial charge in [-0.3, -0.25) is 4.79 Å². The number of methoxy groups -OCH3 is 3. The molecule has 1 amide bonds. The van der Waals surface area contributed by atoms with Gasteiger partial charge in [0, 0.05) is 6.54 Å². The second-order valence-corrected chi connectivity index (χ2v) is 5.25. The largest absolute Gasteiger partial charge is 0.497 e. The first-order chi connectivity index (χ1) is 11.7. The Morgan fingerprint density at radius 3 is 2.08 bits per heavy atom. The maximum atomic E-state index is 12.4. The van der Waals surface area contributed by atoms with Gasteiger partial charge < -0.3 is 19.5 Å². The summed E-state index contributed by atoms with van der Waals surface area (Å²) in [4.78, 5) is 12.4. The van der Waals surface area contributed by atoms with E-state index in [9.17, 15) is 4.79 Å². The highest BCUT2D eigenvalue weighted by Gasteiger charge is 2.17. The molecule has 5 nitrogen and oxygen atoms in total. The number of benzene rings is 2. The third kappa shape index (κ3) is 4.41. The second kappa shape index (κ2) is 8.82. The third-order valence-electron chi connectivity index (χ3n) is 3.74. The minimum Gasteiger partial charge on any atom is -0.497 e. The molecule has 0 radical (unpaired) electrons. The van der Waals surface area contributed by atoms with Crippen LogP contribution in [0.25, 0.3) is 0 Å². The van der Waals surface area contributed by atoms with Crippen LogP contribution in [0.3, 0.4) is 0 Å². The molecule has 0 fully saturated rings. The van der Waals surface area contributed by atoms with Gasteiger partial charge in [-0.2, -0.15) is 0 Å². The summed E-state index contributed by atoms with van der Waals surface area (Å²) >= 11 is 0. The standard InChI is InChI=1S/C19H23NO4/c1-22-15-11-9-14(10-12-15)6-5-13-20-19(21)18-16(23-2)7-4-8-17(18)24-3/h4,7-12H,5-6,13H2,1-3H3,(H,20,21). The molecule has 0 aromatic heterocycles. The zero-order valence-corrected chi connectivity index (χ0v) is 14.3. The average Bonchev–Trinajstić information content (AvgIpc) is 2.64. The molecule has 2 aromatic rings. The summed E-state index contributed by atoms with van der Waals surface area (Å²) < 4.78 is 15.6. The van der Waals surface area contributed by atoms with E-state index in [1.165, 1.54) is 19.8 Å². The van der Waals surface area contributed by atoms with E-state index in [2.05, 4.69) is 5.32 Å². The lowest BCUT2D eigenvalue weighted by Gasteiger charge is -2.13. The van der Waals surface area contributed by atoms with Crippen LogP contribution in [0.5, 0.6) is 17.2 Å². The number of ether oxygens (including phenoxy) is 3. The first-order valence-corrected chi connectivity index (χ1v) is 7.81. The van der Waals surface area contributed by atoms with Gasteiger partial charge in [0.15, 0.2) is 0 Å². The normalized spacial score (nSPS) is 10.1. The number of carbonyl (C=O) groups excluding carboxylic acids is 1. The third-order valence-corrected chi connectivity index (χ3v) is 3.74. The van der Waals surface area contributed by atoms with Crippen molar-refractivity contribution in [2.24, 2.45) is 0 Å². The maximum absolute atomic E-state index is 12.4. The van der Waals surface area contributed by atoms with Crippen molar-refractivity contribution >= 4 is 5.91 Å². The van der Waals surface area contributed by atoms with Crippen molar-refractivity contribution in [3.8, 4) is 17.2 Å². The number of hydrogen-bond donors (Lipinski definition) is 1. The van der Waals surface area contributed by atoms with E-state index in [0.717, 1.165) is 18.6 Å². The van der Waals surface area contributed by atoms with Crippen molar-refractivity contribution in [1.29, 1.82) is 0 Å². The number of aryl methyl sites for hydroxylation is 1. The van der Waals surface area contributed by atoms with E-state index in [-0.39, 0.29) is 5.91 Å². The summed E-state index contributed by atoms with van der Waals surface area (Å²) in [6, 6.07) is 13.2. The van der Waals surface area contributed by atoms with Crippen molar-refractivity contribution < 1.29 is 19.0 Å². The number of nitrogens with one attached hydrogen (secondary N) is 1. The minimum absolute atomic E-state index is 0.195. The zero-order chi connectivity index (χ0) is 17.4. The monoisotopic (exact) mass is 329 g/mol. The maximum Gasteiger partial charge on any atom is 0.258 e. The molecule has 0 saturated carbocycles. The van der Waals surface area contributed by atoms with E-state index >= 15 is 0 Å². The molecule has 0 bridgehead atoms. The van der Waals surface area contributed by atoms with Crippen LogP contribution in [0.15, 0.2) is 42.5 Å². The fourth-order valence-corrected chi connectivity index (χ4v) is 2.45. The molecule has 128 valence electrons. The van der Waals surface area contributed by atoms with Crippen molar-refractivity contribution in [2.75, 3.05) is 27.9 Å². The number of rotatable bonds is 8. The summed E-state index contributed by atoms with van der Waals surface area (Å²) in [5, 5.41) is 2.92. The number of carbonyl (C=O) groups is 1. The zero-order valence-electron chi connectivity index (χ0n) is 14.3. The molecular formula is C19H23NO4. The van der Waals surface area contributed by atoms with Gasteiger partial charge in [0.25, 0.3) is 5.91 Å². The van der Waals surface area contributed by atoms with Crippen LogP contribution in [0.4, 0.5) is 0 Å². The van der Waals surface area contributed by atoms with Gasteiger partial charge in [-0.1, -0.05) is 18.2 Å². The Kier molecular flexibility index (Phi) is 6.49. The molecule has 2 aromatic carbocycles. The highest BCUT2D eigenvalue weighted by Crippen LogP contribution is 2.27. The Morgan fingerprint density at radius 1 is 0.917 bits per heavy atom. The molecule has 0 saturated heterocycles. The molecule has 2 rings (SSSR count). The fraction of sp³-hybridized carbons (Fsp3) is 0.316. The van der Waals surface area contributed by atoms with Crippen LogP contribution in [0.1, 0.15) is 22.3 Å². The lowest BCUT2D eigenvalue weighted by Crippen LogP contribution is -2.25. The van der Waals surface area contributed by atoms with Crippen molar-refractivity contribution in [2.45, 2.75) is 12.8 Å². The van der Waals surface area contributed by atoms with E-state index in [0.29, 0.717) is 23.6 Å². The molecule has 0 aliphatic heterocycles. The van der Waals surface area contributed by atoms with Gasteiger partial charge in [-0.25, -0.2) is 0 Å². The molecule has 0 unspecified atom stereocenters. The van der Waals surface area contributed by atoms with Gasteiger partial charge in [0.2, 0.25) is 0 Å². The van der Waals surface area contributed by atoms with E-state index < -0.39 is 0 Å². The van der Waals surface area contributed by atoms with Gasteiger partial charge in [0.1, 0.15) is 22.8 Å². The van der Waals surface area contributed by atoms with Crippen molar-refractivity contribution in [1.82, 2.24) is 5.32 Å². The summed E-state index contributed by atoms with van der Waals surface area (Å²) in [7, 11) is 4.72. The lowest BCUT2D eigenvalue weighted by molar-refractivity contribution is 0.0947. The average molecular weight is 329 g/mol. The Labute approximate surface area is 142 Å². The van der Waals surface area contributed by atoms with Crippen LogP contribution in [0.2, 0.25) is 0 Å². The SMILES string of the molecule is COc1ccc(CCCNC(=O)c2c(OC)cccc2OC)cc1. The van der Waals surface area contributed by atoms with Crippen LogP contribution in [-0.2, 0) is 6.42 Å². The molecule has 1 N–H and O–H groups in total. The van der Waals surface area contributed by atoms with Crippen LogP contribution >= 0.6 is 0 Å². The highest BCUT2D eigenvalue weighted by molar-refractivity contribution is 5.99. The van der Waals surface area contributed by atoms with E-state index in [1.807, 2.05) is 24.3 Å². The van der Waals surface area contributed by atoms with Gasteiger partial charge >= 0.3 is 0 Å². The molecular weight excluding hydrogens is 306 g/mol. The molecule has 0 aliphatic rings. The minimum atomic E-state index is -0.195. The molecule has 0 aliphatic carbocycles. The van der Waals surface area contributed by atoms with Crippen LogP contribution < -0.4 is 19.5 Å². The lowest BCUT2D eigenvalue weighted by atomic mass is 10.1. The Hall–Kier alpha value is -2.69. The second-order valence-electron chi connectivity index (χ2n) is 5.25. The summed E-state index contributed by atoms with van der Waals surface area (Å²) in [6.45, 7) is 0.575. The van der Waals surface area contributed by atoms with E-state index in [1.54, 1.807) is 25.3 Å².